The maximum absolute atomic E-state index is 6.21. The molecule has 0 aliphatic rings. The van der Waals surface area contributed by atoms with Gasteiger partial charge in [-0.3, -0.25) is 0 Å². The second kappa shape index (κ2) is 5.63. The van der Waals surface area contributed by atoms with Gasteiger partial charge in [-0.1, -0.05) is 5.16 Å². The fraction of sp³-hybridized carbons (Fsp3) is 0.571. The Morgan fingerprint density at radius 1 is 1.45 bits per heavy atom. The molecule has 110 valence electrons. The van der Waals surface area contributed by atoms with Gasteiger partial charge in [0.15, 0.2) is 5.82 Å². The molecule has 2 heterocycles. The first-order chi connectivity index (χ1) is 9.29. The van der Waals surface area contributed by atoms with Crippen LogP contribution in [0, 0.1) is 13.8 Å². The number of nitrogens with zero attached hydrogens (tertiary/aromatic N) is 2. The lowest BCUT2D eigenvalue weighted by molar-refractivity contribution is 0.0410. The first-order valence-electron chi connectivity index (χ1n) is 6.61. The Kier molecular flexibility index (Phi) is 4.27. The molecule has 2 aromatic heterocycles. The zero-order chi connectivity index (χ0) is 14.9. The standard InChI is InChI=1S/C14H21N3O2S/c1-8(2)18-7-14(5,15)13-16-12(19-17-13)11-6-9(3)10(4)20-11/h6,8H,7,15H2,1-5H3. The Bertz CT molecular complexity index is 568. The van der Waals surface area contributed by atoms with Crippen molar-refractivity contribution in [2.45, 2.75) is 46.3 Å². The highest BCUT2D eigenvalue weighted by atomic mass is 32.1. The number of ether oxygens (including phenoxy) is 1. The Labute approximate surface area is 123 Å². The lowest BCUT2D eigenvalue weighted by atomic mass is 10.1. The summed E-state index contributed by atoms with van der Waals surface area (Å²) in [5, 5.41) is 4.00. The lowest BCUT2D eigenvalue weighted by Crippen LogP contribution is -2.40. The van der Waals surface area contributed by atoms with Crippen molar-refractivity contribution in [3.05, 3.63) is 22.3 Å². The van der Waals surface area contributed by atoms with Crippen molar-refractivity contribution in [2.24, 2.45) is 5.73 Å². The highest BCUT2D eigenvalue weighted by Crippen LogP contribution is 2.30. The van der Waals surface area contributed by atoms with Crippen molar-refractivity contribution in [1.82, 2.24) is 10.1 Å². The smallest absolute Gasteiger partial charge is 0.268 e. The van der Waals surface area contributed by atoms with Crippen LogP contribution >= 0.6 is 11.3 Å². The van der Waals surface area contributed by atoms with Gasteiger partial charge >= 0.3 is 0 Å². The van der Waals surface area contributed by atoms with Crippen LogP contribution in [0.4, 0.5) is 0 Å². The summed E-state index contributed by atoms with van der Waals surface area (Å²) >= 11 is 1.64. The molecule has 0 fully saturated rings. The maximum Gasteiger partial charge on any atom is 0.268 e. The molecule has 5 nitrogen and oxygen atoms in total. The summed E-state index contributed by atoms with van der Waals surface area (Å²) in [4.78, 5) is 6.63. The summed E-state index contributed by atoms with van der Waals surface area (Å²) in [7, 11) is 0. The van der Waals surface area contributed by atoms with Gasteiger partial charge < -0.3 is 15.0 Å². The van der Waals surface area contributed by atoms with E-state index in [4.69, 9.17) is 15.0 Å². The third-order valence-corrected chi connectivity index (χ3v) is 4.17. The molecule has 0 aliphatic carbocycles. The van der Waals surface area contributed by atoms with E-state index in [0.29, 0.717) is 18.3 Å². The van der Waals surface area contributed by atoms with Crippen molar-refractivity contribution >= 4 is 11.3 Å². The minimum absolute atomic E-state index is 0.117. The third-order valence-electron chi connectivity index (χ3n) is 3.03. The van der Waals surface area contributed by atoms with Crippen LogP contribution in [-0.4, -0.2) is 22.9 Å². The molecule has 2 rings (SSSR count). The quantitative estimate of drug-likeness (QED) is 0.917. The summed E-state index contributed by atoms with van der Waals surface area (Å²) in [6.07, 6.45) is 0.117. The van der Waals surface area contributed by atoms with E-state index in [1.807, 2.05) is 20.8 Å². The molecule has 0 aromatic carbocycles. The summed E-state index contributed by atoms with van der Waals surface area (Å²) in [5.41, 5.74) is 6.68. The van der Waals surface area contributed by atoms with Crippen LogP contribution < -0.4 is 5.73 Å². The van der Waals surface area contributed by atoms with Crippen molar-refractivity contribution in [3.8, 4) is 10.8 Å². The van der Waals surface area contributed by atoms with Gasteiger partial charge in [0.1, 0.15) is 5.54 Å². The fourth-order valence-electron chi connectivity index (χ4n) is 1.64. The van der Waals surface area contributed by atoms with E-state index in [-0.39, 0.29) is 6.10 Å². The number of aromatic nitrogens is 2. The van der Waals surface area contributed by atoms with Gasteiger partial charge in [-0.25, -0.2) is 0 Å². The number of hydrogen-bond acceptors (Lipinski definition) is 6. The van der Waals surface area contributed by atoms with E-state index in [9.17, 15) is 0 Å². The molecule has 0 saturated heterocycles. The molecule has 6 heteroatoms. The molecule has 0 amide bonds. The van der Waals surface area contributed by atoms with Crippen LogP contribution in [0.2, 0.25) is 0 Å². The summed E-state index contributed by atoms with van der Waals surface area (Å²) in [5.74, 6) is 0.985. The number of rotatable bonds is 5. The van der Waals surface area contributed by atoms with Crippen molar-refractivity contribution < 1.29 is 9.26 Å². The highest BCUT2D eigenvalue weighted by Gasteiger charge is 2.29. The van der Waals surface area contributed by atoms with Crippen LogP contribution in [0.15, 0.2) is 10.6 Å². The highest BCUT2D eigenvalue weighted by molar-refractivity contribution is 7.15. The van der Waals surface area contributed by atoms with Gasteiger partial charge in [0.2, 0.25) is 0 Å². The van der Waals surface area contributed by atoms with Gasteiger partial charge in [-0.2, -0.15) is 4.98 Å². The minimum atomic E-state index is -0.757. The SMILES string of the molecule is Cc1cc(-c2nc(C(C)(N)COC(C)C)no2)sc1C. The Hall–Kier alpha value is -1.24. The fourth-order valence-corrected chi connectivity index (χ4v) is 2.59. The minimum Gasteiger partial charge on any atom is -0.376 e. The van der Waals surface area contributed by atoms with Crippen LogP contribution in [0.1, 0.15) is 37.0 Å². The summed E-state index contributed by atoms with van der Waals surface area (Å²) in [6.45, 7) is 10.3. The van der Waals surface area contributed by atoms with E-state index >= 15 is 0 Å². The molecular weight excluding hydrogens is 274 g/mol. The molecule has 0 bridgehead atoms. The Morgan fingerprint density at radius 2 is 2.15 bits per heavy atom. The van der Waals surface area contributed by atoms with Crippen molar-refractivity contribution in [1.29, 1.82) is 0 Å². The number of hydrogen-bond donors (Lipinski definition) is 1. The molecule has 0 saturated carbocycles. The number of nitrogens with two attached hydrogens (primary N) is 1. The maximum atomic E-state index is 6.21. The predicted molar refractivity (Wildman–Crippen MR) is 79.7 cm³/mol. The molecule has 20 heavy (non-hydrogen) atoms. The van der Waals surface area contributed by atoms with Crippen LogP contribution in [-0.2, 0) is 10.3 Å². The van der Waals surface area contributed by atoms with Crippen LogP contribution in [0.5, 0.6) is 0 Å². The van der Waals surface area contributed by atoms with Gasteiger partial charge in [0.05, 0.1) is 17.6 Å². The third kappa shape index (κ3) is 3.26. The molecule has 0 radical (unpaired) electrons. The second-order valence-electron chi connectivity index (χ2n) is 5.55. The second-order valence-corrected chi connectivity index (χ2v) is 6.81. The largest absolute Gasteiger partial charge is 0.376 e. The molecule has 2 N–H and O–H groups in total. The van der Waals surface area contributed by atoms with E-state index in [1.165, 1.54) is 10.4 Å². The van der Waals surface area contributed by atoms with Crippen LogP contribution in [0.25, 0.3) is 10.8 Å². The monoisotopic (exact) mass is 295 g/mol. The summed E-state index contributed by atoms with van der Waals surface area (Å²) in [6, 6.07) is 2.05. The summed E-state index contributed by atoms with van der Waals surface area (Å²) < 4.78 is 10.9. The number of aryl methyl sites for hydroxylation is 2. The molecule has 0 aliphatic heterocycles. The zero-order valence-corrected chi connectivity index (χ0v) is 13.4. The first-order valence-corrected chi connectivity index (χ1v) is 7.43. The molecule has 1 unspecified atom stereocenters. The van der Waals surface area contributed by atoms with Crippen molar-refractivity contribution in [2.75, 3.05) is 6.61 Å². The normalized spacial score (nSPS) is 14.8. The molecule has 2 aromatic rings. The average molecular weight is 295 g/mol. The number of thiophene rings is 1. The van der Waals surface area contributed by atoms with Gasteiger partial charge in [-0.15, -0.1) is 11.3 Å². The predicted octanol–water partition coefficient (Wildman–Crippen LogP) is 3.01. The van der Waals surface area contributed by atoms with Crippen LogP contribution in [0.3, 0.4) is 0 Å². The van der Waals surface area contributed by atoms with E-state index in [1.54, 1.807) is 11.3 Å². The van der Waals surface area contributed by atoms with Gasteiger partial charge in [-0.05, 0) is 46.2 Å². The average Bonchev–Trinajstić information content (AvgIpc) is 2.95. The topological polar surface area (TPSA) is 74.2 Å². The zero-order valence-electron chi connectivity index (χ0n) is 12.6. The Morgan fingerprint density at radius 3 is 2.70 bits per heavy atom. The Balaban J connectivity index is 2.19. The lowest BCUT2D eigenvalue weighted by Gasteiger charge is -2.21. The van der Waals surface area contributed by atoms with Gasteiger partial charge in [0, 0.05) is 4.88 Å². The van der Waals surface area contributed by atoms with Crippen molar-refractivity contribution in [3.63, 3.8) is 0 Å². The first kappa shape index (κ1) is 15.2. The van der Waals surface area contributed by atoms with E-state index in [0.717, 1.165) is 4.88 Å². The molecular formula is C14H21N3O2S. The molecule has 1 atom stereocenters. The molecule has 0 spiro atoms. The van der Waals surface area contributed by atoms with E-state index < -0.39 is 5.54 Å². The van der Waals surface area contributed by atoms with Gasteiger partial charge in [0.25, 0.3) is 5.89 Å². The van der Waals surface area contributed by atoms with E-state index in [2.05, 4.69) is 30.1 Å².